The fourth-order valence-electron chi connectivity index (χ4n) is 1.01. The van der Waals surface area contributed by atoms with Crippen LogP contribution in [-0.2, 0) is 10.2 Å². The Hall–Kier alpha value is -0.560. The molecule has 3 N–H and O–H groups in total. The lowest BCUT2D eigenvalue weighted by Gasteiger charge is -2.10. The molecule has 84 valence electrons. The Labute approximate surface area is 94.4 Å². The summed E-state index contributed by atoms with van der Waals surface area (Å²) in [5.74, 6) is 0. The Bertz CT molecular complexity index is 392. The summed E-state index contributed by atoms with van der Waals surface area (Å²) in [5.41, 5.74) is 0. The fraction of sp³-hybridized carbons (Fsp3) is 0.333. The molecule has 0 spiro atoms. The summed E-state index contributed by atoms with van der Waals surface area (Å²) in [6.07, 6.45) is 0. The first-order chi connectivity index (χ1) is 6.97. The minimum Gasteiger partial charge on any atom is -0.216 e. The van der Waals surface area contributed by atoms with Gasteiger partial charge in [-0.05, 0) is 12.1 Å². The van der Waals surface area contributed by atoms with Crippen LogP contribution in [0.25, 0.3) is 0 Å². The molecule has 0 aliphatic carbocycles. The molecule has 0 heterocycles. The van der Waals surface area contributed by atoms with E-state index >= 15 is 0 Å². The Kier molecular flexibility index (Phi) is 4.59. The summed E-state index contributed by atoms with van der Waals surface area (Å²) < 4.78 is 23.6. The smallest absolute Gasteiger partial charge is 0.216 e. The van der Waals surface area contributed by atoms with Crippen LogP contribution >= 0.6 is 11.8 Å². The first-order valence-corrected chi connectivity index (χ1v) is 6.89. The normalized spacial score (nSPS) is 13.7. The molecule has 1 atom stereocenters. The third kappa shape index (κ3) is 5.78. The number of hydrogen-bond donors (Lipinski definition) is 2. The summed E-state index contributed by atoms with van der Waals surface area (Å²) in [4.78, 5) is 1.11. The van der Waals surface area contributed by atoms with Crippen molar-refractivity contribution in [2.45, 2.75) is 17.1 Å². The quantitative estimate of drug-likeness (QED) is 0.760. The van der Waals surface area contributed by atoms with E-state index in [2.05, 4.69) is 4.72 Å². The monoisotopic (exact) mass is 246 g/mol. The topological polar surface area (TPSA) is 72.2 Å². The van der Waals surface area contributed by atoms with Crippen molar-refractivity contribution in [3.05, 3.63) is 30.3 Å². The summed E-state index contributed by atoms with van der Waals surface area (Å²) in [5, 5.41) is 4.97. The van der Waals surface area contributed by atoms with E-state index in [-0.39, 0.29) is 5.25 Å². The van der Waals surface area contributed by atoms with Crippen LogP contribution < -0.4 is 9.86 Å². The van der Waals surface area contributed by atoms with Gasteiger partial charge in [-0.25, -0.2) is 9.86 Å². The molecular weight excluding hydrogens is 232 g/mol. The van der Waals surface area contributed by atoms with E-state index in [9.17, 15) is 8.42 Å². The van der Waals surface area contributed by atoms with Gasteiger partial charge in [0, 0.05) is 16.7 Å². The zero-order valence-electron chi connectivity index (χ0n) is 8.38. The van der Waals surface area contributed by atoms with Crippen molar-refractivity contribution in [3.8, 4) is 0 Å². The van der Waals surface area contributed by atoms with Crippen molar-refractivity contribution in [2.24, 2.45) is 5.14 Å². The van der Waals surface area contributed by atoms with Gasteiger partial charge in [0.15, 0.2) is 0 Å². The maximum Gasteiger partial charge on any atom is 0.274 e. The van der Waals surface area contributed by atoms with E-state index in [1.165, 1.54) is 0 Å². The van der Waals surface area contributed by atoms with Crippen LogP contribution in [0.4, 0.5) is 0 Å². The largest absolute Gasteiger partial charge is 0.274 e. The molecule has 0 aliphatic rings. The predicted molar refractivity (Wildman–Crippen MR) is 62.9 cm³/mol. The van der Waals surface area contributed by atoms with Crippen molar-refractivity contribution in [3.63, 3.8) is 0 Å². The molecule has 0 amide bonds. The van der Waals surface area contributed by atoms with Crippen LogP contribution in [0.15, 0.2) is 35.2 Å². The van der Waals surface area contributed by atoms with Gasteiger partial charge in [0.25, 0.3) is 10.2 Å². The van der Waals surface area contributed by atoms with Gasteiger partial charge in [0.05, 0.1) is 0 Å². The van der Waals surface area contributed by atoms with Gasteiger partial charge in [0.2, 0.25) is 0 Å². The van der Waals surface area contributed by atoms with E-state index in [0.29, 0.717) is 6.54 Å². The van der Waals surface area contributed by atoms with Gasteiger partial charge in [-0.2, -0.15) is 8.42 Å². The molecule has 0 radical (unpaired) electrons. The lowest BCUT2D eigenvalue weighted by atomic mass is 10.4. The number of thioether (sulfide) groups is 1. The number of benzene rings is 1. The van der Waals surface area contributed by atoms with Gasteiger partial charge in [-0.1, -0.05) is 25.1 Å². The highest BCUT2D eigenvalue weighted by molar-refractivity contribution is 8.00. The van der Waals surface area contributed by atoms with Gasteiger partial charge in [-0.15, -0.1) is 11.8 Å². The molecule has 1 rings (SSSR count). The van der Waals surface area contributed by atoms with E-state index in [0.717, 1.165) is 4.90 Å². The van der Waals surface area contributed by atoms with Crippen molar-refractivity contribution >= 4 is 22.0 Å². The molecule has 0 bridgehead atoms. The van der Waals surface area contributed by atoms with Gasteiger partial charge in [-0.3, -0.25) is 0 Å². The maximum atomic E-state index is 10.6. The minimum atomic E-state index is -3.57. The highest BCUT2D eigenvalue weighted by Gasteiger charge is 2.07. The van der Waals surface area contributed by atoms with Crippen molar-refractivity contribution < 1.29 is 8.42 Å². The molecule has 4 nitrogen and oxygen atoms in total. The molecule has 1 aromatic rings. The second-order valence-corrected chi connectivity index (χ2v) is 6.03. The van der Waals surface area contributed by atoms with Gasteiger partial charge in [0.1, 0.15) is 0 Å². The Morgan fingerprint density at radius 1 is 1.40 bits per heavy atom. The van der Waals surface area contributed by atoms with Gasteiger partial charge < -0.3 is 0 Å². The van der Waals surface area contributed by atoms with E-state index in [4.69, 9.17) is 5.14 Å². The minimum absolute atomic E-state index is 0.144. The zero-order valence-corrected chi connectivity index (χ0v) is 10.0. The molecule has 0 aromatic heterocycles. The first kappa shape index (κ1) is 12.5. The van der Waals surface area contributed by atoms with E-state index < -0.39 is 10.2 Å². The van der Waals surface area contributed by atoms with E-state index in [1.807, 2.05) is 37.3 Å². The molecule has 1 aromatic carbocycles. The standard InChI is InChI=1S/C9H14N2O2S2/c1-8(7-11-15(10,12)13)14-9-5-3-2-4-6-9/h2-6,8,11H,7H2,1H3,(H2,10,12,13). The lowest BCUT2D eigenvalue weighted by Crippen LogP contribution is -2.34. The van der Waals surface area contributed by atoms with Crippen LogP contribution in [0.3, 0.4) is 0 Å². The Morgan fingerprint density at radius 3 is 2.53 bits per heavy atom. The summed E-state index contributed by atoms with van der Waals surface area (Å²) >= 11 is 1.60. The summed E-state index contributed by atoms with van der Waals surface area (Å²) in [7, 11) is -3.57. The van der Waals surface area contributed by atoms with Crippen LogP contribution in [-0.4, -0.2) is 20.2 Å². The second kappa shape index (κ2) is 5.50. The molecule has 0 aliphatic heterocycles. The van der Waals surface area contributed by atoms with Crippen LogP contribution in [0.5, 0.6) is 0 Å². The first-order valence-electron chi connectivity index (χ1n) is 4.46. The third-order valence-electron chi connectivity index (χ3n) is 1.65. The Balaban J connectivity index is 2.40. The van der Waals surface area contributed by atoms with E-state index in [1.54, 1.807) is 11.8 Å². The van der Waals surface area contributed by atoms with Crippen molar-refractivity contribution in [2.75, 3.05) is 6.54 Å². The number of rotatable bonds is 5. The van der Waals surface area contributed by atoms with Crippen LogP contribution in [0.1, 0.15) is 6.92 Å². The van der Waals surface area contributed by atoms with Crippen LogP contribution in [0, 0.1) is 0 Å². The van der Waals surface area contributed by atoms with Crippen molar-refractivity contribution in [1.82, 2.24) is 4.72 Å². The second-order valence-electron chi connectivity index (χ2n) is 3.13. The number of nitrogens with one attached hydrogen (secondary N) is 1. The molecule has 0 saturated heterocycles. The molecular formula is C9H14N2O2S2. The summed E-state index contributed by atoms with van der Waals surface area (Å²) in [6, 6.07) is 9.80. The highest BCUT2D eigenvalue weighted by atomic mass is 32.2. The molecule has 0 fully saturated rings. The SMILES string of the molecule is CC(CNS(N)(=O)=O)Sc1ccccc1. The molecule has 0 saturated carbocycles. The zero-order chi connectivity index (χ0) is 11.3. The summed E-state index contributed by atoms with van der Waals surface area (Å²) in [6.45, 7) is 2.27. The molecule has 15 heavy (non-hydrogen) atoms. The average molecular weight is 246 g/mol. The third-order valence-corrected chi connectivity index (χ3v) is 3.33. The lowest BCUT2D eigenvalue weighted by molar-refractivity contribution is 0.583. The van der Waals surface area contributed by atoms with Crippen LogP contribution in [0.2, 0.25) is 0 Å². The fourth-order valence-corrected chi connectivity index (χ4v) is 2.54. The molecule has 6 heteroatoms. The van der Waals surface area contributed by atoms with Crippen molar-refractivity contribution in [1.29, 1.82) is 0 Å². The Morgan fingerprint density at radius 2 is 2.00 bits per heavy atom. The average Bonchev–Trinajstić information content (AvgIpc) is 2.15. The highest BCUT2D eigenvalue weighted by Crippen LogP contribution is 2.21. The molecule has 1 unspecified atom stereocenters. The number of nitrogens with two attached hydrogens (primary N) is 1. The van der Waals surface area contributed by atoms with Gasteiger partial charge >= 0.3 is 0 Å². The number of hydrogen-bond acceptors (Lipinski definition) is 3. The maximum absolute atomic E-state index is 10.6. The predicted octanol–water partition coefficient (Wildman–Crippen LogP) is 0.960.